The lowest BCUT2D eigenvalue weighted by atomic mass is 10.1. The minimum Gasteiger partial charge on any atom is -0.493 e. The van der Waals surface area contributed by atoms with Crippen molar-refractivity contribution in [2.75, 3.05) is 71.3 Å². The lowest BCUT2D eigenvalue weighted by Gasteiger charge is -2.34. The zero-order chi connectivity index (χ0) is 24.0. The molecule has 0 atom stereocenters. The number of carbonyl (C=O) groups excluding carboxylic acids is 2. The van der Waals surface area contributed by atoms with Gasteiger partial charge in [-0.2, -0.15) is 0 Å². The van der Waals surface area contributed by atoms with E-state index in [4.69, 9.17) is 14.2 Å². The summed E-state index contributed by atoms with van der Waals surface area (Å²) in [6.07, 6.45) is 0. The van der Waals surface area contributed by atoms with Gasteiger partial charge < -0.3 is 34.6 Å². The van der Waals surface area contributed by atoms with Crippen LogP contribution in [0, 0.1) is 6.92 Å². The van der Waals surface area contributed by atoms with Gasteiger partial charge in [0.2, 0.25) is 11.7 Å². The van der Waals surface area contributed by atoms with Gasteiger partial charge in [0, 0.05) is 43.1 Å². The van der Waals surface area contributed by atoms with E-state index in [1.54, 1.807) is 0 Å². The molecule has 2 N–H and O–H groups in total. The van der Waals surface area contributed by atoms with E-state index in [1.807, 2.05) is 19.1 Å². The summed E-state index contributed by atoms with van der Waals surface area (Å²) in [5.41, 5.74) is 3.13. The second kappa shape index (κ2) is 10.9. The van der Waals surface area contributed by atoms with Crippen molar-refractivity contribution in [3.8, 4) is 17.2 Å². The Labute approximate surface area is 194 Å². The monoisotopic (exact) mass is 456 g/mol. The van der Waals surface area contributed by atoms with Gasteiger partial charge in [-0.25, -0.2) is 0 Å². The average molecular weight is 457 g/mol. The first kappa shape index (κ1) is 24.2. The van der Waals surface area contributed by atoms with E-state index in [1.165, 1.54) is 33.5 Å². The van der Waals surface area contributed by atoms with E-state index < -0.39 is 5.91 Å². The predicted octanol–water partition coefficient (Wildman–Crippen LogP) is 2.14. The summed E-state index contributed by atoms with van der Waals surface area (Å²) in [6, 6.07) is 9.07. The molecule has 9 nitrogen and oxygen atoms in total. The summed E-state index contributed by atoms with van der Waals surface area (Å²) < 4.78 is 15.8. The number of methoxy groups -OCH3 is 3. The summed E-state index contributed by atoms with van der Waals surface area (Å²) in [5, 5.41) is 5.50. The van der Waals surface area contributed by atoms with Crippen molar-refractivity contribution >= 4 is 23.2 Å². The van der Waals surface area contributed by atoms with Crippen LogP contribution in [0.25, 0.3) is 0 Å². The Morgan fingerprint density at radius 3 is 2.12 bits per heavy atom. The van der Waals surface area contributed by atoms with Crippen LogP contribution in [0.15, 0.2) is 30.3 Å². The molecule has 2 aromatic carbocycles. The maximum atomic E-state index is 12.6. The number of carbonyl (C=O) groups is 2. The van der Waals surface area contributed by atoms with Crippen LogP contribution < -0.4 is 29.7 Å². The number of benzene rings is 2. The molecule has 2 aromatic rings. The van der Waals surface area contributed by atoms with Gasteiger partial charge in [-0.15, -0.1) is 0 Å². The molecule has 9 heteroatoms. The van der Waals surface area contributed by atoms with Crippen molar-refractivity contribution in [3.05, 3.63) is 41.5 Å². The number of amides is 2. The number of anilines is 2. The molecule has 0 aromatic heterocycles. The molecular formula is C24H32N4O5. The molecule has 0 saturated carbocycles. The van der Waals surface area contributed by atoms with Crippen LogP contribution in [0.2, 0.25) is 0 Å². The van der Waals surface area contributed by atoms with Crippen LogP contribution in [0.3, 0.4) is 0 Å². The Morgan fingerprint density at radius 1 is 0.939 bits per heavy atom. The molecule has 1 aliphatic heterocycles. The normalized spacial score (nSPS) is 13.9. The van der Waals surface area contributed by atoms with Crippen molar-refractivity contribution < 1.29 is 23.8 Å². The fourth-order valence-electron chi connectivity index (χ4n) is 3.72. The highest BCUT2D eigenvalue weighted by Crippen LogP contribution is 2.38. The first-order valence-corrected chi connectivity index (χ1v) is 10.8. The molecule has 0 bridgehead atoms. The smallest absolute Gasteiger partial charge is 0.251 e. The van der Waals surface area contributed by atoms with Crippen molar-refractivity contribution in [1.82, 2.24) is 10.2 Å². The van der Waals surface area contributed by atoms with Gasteiger partial charge in [0.05, 0.1) is 27.9 Å². The molecular weight excluding hydrogens is 424 g/mol. The quantitative estimate of drug-likeness (QED) is 0.629. The molecule has 1 fully saturated rings. The van der Waals surface area contributed by atoms with Crippen molar-refractivity contribution in [2.24, 2.45) is 0 Å². The van der Waals surface area contributed by atoms with Gasteiger partial charge in [0.25, 0.3) is 5.91 Å². The lowest BCUT2D eigenvalue weighted by molar-refractivity contribution is -0.115. The van der Waals surface area contributed by atoms with E-state index in [-0.39, 0.29) is 12.5 Å². The number of hydrogen-bond acceptors (Lipinski definition) is 7. The van der Waals surface area contributed by atoms with Gasteiger partial charge in [-0.05, 0) is 49.9 Å². The van der Waals surface area contributed by atoms with Crippen LogP contribution in [0.1, 0.15) is 15.9 Å². The highest BCUT2D eigenvalue weighted by Gasteiger charge is 2.18. The number of aryl methyl sites for hydroxylation is 1. The minimum absolute atomic E-state index is 0.171. The molecule has 0 spiro atoms. The SMILES string of the molecule is COc1cc(C(=O)NCC(=O)Nc2ccc(N3CCN(C)CC3)cc2C)cc(OC)c1OC. The highest BCUT2D eigenvalue weighted by atomic mass is 16.5. The lowest BCUT2D eigenvalue weighted by Crippen LogP contribution is -2.44. The summed E-state index contributed by atoms with van der Waals surface area (Å²) in [6.45, 7) is 5.81. The Hall–Kier alpha value is -3.46. The Morgan fingerprint density at radius 2 is 1.58 bits per heavy atom. The summed E-state index contributed by atoms with van der Waals surface area (Å²) in [4.78, 5) is 29.7. The minimum atomic E-state index is -0.425. The van der Waals surface area contributed by atoms with Crippen molar-refractivity contribution in [1.29, 1.82) is 0 Å². The fourth-order valence-corrected chi connectivity index (χ4v) is 3.72. The van der Waals surface area contributed by atoms with Gasteiger partial charge in [0.1, 0.15) is 0 Å². The molecule has 1 heterocycles. The van der Waals surface area contributed by atoms with Crippen LogP contribution >= 0.6 is 0 Å². The summed E-state index contributed by atoms with van der Waals surface area (Å²) in [5.74, 6) is 0.382. The van der Waals surface area contributed by atoms with Crippen LogP contribution in [0.5, 0.6) is 17.2 Å². The number of nitrogens with zero attached hydrogens (tertiary/aromatic N) is 2. The van der Waals surface area contributed by atoms with Gasteiger partial charge in [-0.1, -0.05) is 0 Å². The standard InChI is InChI=1S/C24H32N4O5/c1-16-12-18(28-10-8-27(2)9-11-28)6-7-19(16)26-22(29)15-25-24(30)17-13-20(31-3)23(33-5)21(14-17)32-4/h6-7,12-14H,8-11,15H2,1-5H3,(H,25,30)(H,26,29). The largest absolute Gasteiger partial charge is 0.493 e. The Kier molecular flexibility index (Phi) is 8.00. The first-order valence-electron chi connectivity index (χ1n) is 10.8. The predicted molar refractivity (Wildman–Crippen MR) is 128 cm³/mol. The number of nitrogens with one attached hydrogen (secondary N) is 2. The Balaban J connectivity index is 1.59. The molecule has 2 amide bonds. The van der Waals surface area contributed by atoms with Gasteiger partial charge in [0.15, 0.2) is 11.5 Å². The second-order valence-corrected chi connectivity index (χ2v) is 7.93. The molecule has 1 aliphatic rings. The number of ether oxygens (including phenoxy) is 3. The topological polar surface area (TPSA) is 92.4 Å². The summed E-state index contributed by atoms with van der Waals surface area (Å²) in [7, 11) is 6.57. The third-order valence-electron chi connectivity index (χ3n) is 5.69. The number of hydrogen-bond donors (Lipinski definition) is 2. The van der Waals surface area contributed by atoms with Gasteiger partial charge in [-0.3, -0.25) is 9.59 Å². The van der Waals surface area contributed by atoms with E-state index in [9.17, 15) is 9.59 Å². The maximum Gasteiger partial charge on any atom is 0.251 e. The molecule has 1 saturated heterocycles. The molecule has 0 radical (unpaired) electrons. The first-order chi connectivity index (χ1) is 15.9. The number of piperazine rings is 1. The van der Waals surface area contributed by atoms with Crippen LogP contribution in [0.4, 0.5) is 11.4 Å². The Bertz CT molecular complexity index is 977. The zero-order valence-corrected chi connectivity index (χ0v) is 19.9. The zero-order valence-electron chi connectivity index (χ0n) is 19.9. The number of rotatable bonds is 8. The fraction of sp³-hybridized carbons (Fsp3) is 0.417. The molecule has 33 heavy (non-hydrogen) atoms. The molecule has 0 aliphatic carbocycles. The maximum absolute atomic E-state index is 12.6. The molecule has 0 unspecified atom stereocenters. The van der Waals surface area contributed by atoms with Crippen LogP contribution in [-0.4, -0.2) is 77.8 Å². The molecule has 178 valence electrons. The van der Waals surface area contributed by atoms with E-state index in [0.717, 1.165) is 43.1 Å². The number of likely N-dealkylation sites (N-methyl/N-ethyl adjacent to an activating group) is 1. The van der Waals surface area contributed by atoms with Crippen LogP contribution in [-0.2, 0) is 4.79 Å². The average Bonchev–Trinajstić information content (AvgIpc) is 2.83. The van der Waals surface area contributed by atoms with Crippen molar-refractivity contribution in [2.45, 2.75) is 6.92 Å². The second-order valence-electron chi connectivity index (χ2n) is 7.93. The third-order valence-corrected chi connectivity index (χ3v) is 5.69. The molecule has 3 rings (SSSR count). The summed E-state index contributed by atoms with van der Waals surface area (Å²) >= 11 is 0. The van der Waals surface area contributed by atoms with Crippen molar-refractivity contribution in [3.63, 3.8) is 0 Å². The van der Waals surface area contributed by atoms with E-state index >= 15 is 0 Å². The van der Waals surface area contributed by atoms with E-state index in [2.05, 4.69) is 33.5 Å². The van der Waals surface area contributed by atoms with E-state index in [0.29, 0.717) is 22.8 Å². The third kappa shape index (κ3) is 5.87. The van der Waals surface area contributed by atoms with Gasteiger partial charge >= 0.3 is 0 Å². The highest BCUT2D eigenvalue weighted by molar-refractivity contribution is 6.00.